The van der Waals surface area contributed by atoms with Gasteiger partial charge in [-0.25, -0.2) is 8.42 Å². The van der Waals surface area contributed by atoms with Crippen LogP contribution in [0.5, 0.6) is 0 Å². The van der Waals surface area contributed by atoms with Crippen LogP contribution in [0.25, 0.3) is 0 Å². The predicted molar refractivity (Wildman–Crippen MR) is 75.9 cm³/mol. The molecule has 2 N–H and O–H groups in total. The molecule has 0 heterocycles. The summed E-state index contributed by atoms with van der Waals surface area (Å²) in [6.45, 7) is 3.90. The van der Waals surface area contributed by atoms with E-state index >= 15 is 0 Å². The van der Waals surface area contributed by atoms with E-state index in [-0.39, 0.29) is 22.5 Å². The highest BCUT2D eigenvalue weighted by molar-refractivity contribution is 7.91. The monoisotopic (exact) mass is 284 g/mol. The average molecular weight is 284 g/mol. The van der Waals surface area contributed by atoms with Crippen molar-refractivity contribution >= 4 is 21.4 Å². The quantitative estimate of drug-likeness (QED) is 0.825. The van der Waals surface area contributed by atoms with Crippen molar-refractivity contribution < 1.29 is 13.2 Å². The normalized spacial score (nSPS) is 13.0. The number of benzene rings is 1. The third-order valence-electron chi connectivity index (χ3n) is 2.82. The van der Waals surface area contributed by atoms with E-state index in [4.69, 9.17) is 0 Å². The first kappa shape index (κ1) is 15.7. The molecule has 0 aliphatic heterocycles. The fraction of sp³-hybridized carbons (Fsp3) is 0.462. The second kappa shape index (κ2) is 6.68. The minimum atomic E-state index is -3.34. The third-order valence-corrected chi connectivity index (χ3v) is 4.60. The standard InChI is InChI=1S/C13H20N2O3S/c1-4-19(17,18)12-8-6-5-7-11(12)15-13(16)10(2)9-14-3/h5-8,10,14H,4,9H2,1-3H3,(H,15,16). The van der Waals surface area contributed by atoms with Gasteiger partial charge in [0.25, 0.3) is 0 Å². The molecule has 0 aromatic heterocycles. The molecule has 6 heteroatoms. The first-order valence-corrected chi connectivity index (χ1v) is 7.84. The van der Waals surface area contributed by atoms with E-state index in [1.807, 2.05) is 0 Å². The third kappa shape index (κ3) is 4.04. The zero-order valence-electron chi connectivity index (χ0n) is 11.4. The summed E-state index contributed by atoms with van der Waals surface area (Å²) >= 11 is 0. The van der Waals surface area contributed by atoms with Crippen molar-refractivity contribution in [2.45, 2.75) is 18.7 Å². The minimum Gasteiger partial charge on any atom is -0.325 e. The Morgan fingerprint density at radius 2 is 1.95 bits per heavy atom. The molecule has 1 aromatic rings. The molecule has 1 amide bonds. The van der Waals surface area contributed by atoms with Gasteiger partial charge < -0.3 is 10.6 Å². The molecule has 1 atom stereocenters. The van der Waals surface area contributed by atoms with Crippen molar-refractivity contribution in [1.29, 1.82) is 0 Å². The predicted octanol–water partition coefficient (Wildman–Crippen LogP) is 1.27. The molecule has 1 aromatic carbocycles. The van der Waals surface area contributed by atoms with E-state index in [0.29, 0.717) is 12.2 Å². The van der Waals surface area contributed by atoms with Crippen LogP contribution in [-0.2, 0) is 14.6 Å². The van der Waals surface area contributed by atoms with Crippen LogP contribution in [0.4, 0.5) is 5.69 Å². The number of carbonyl (C=O) groups is 1. The molecular formula is C13H20N2O3S. The Kier molecular flexibility index (Phi) is 5.50. The Hall–Kier alpha value is -1.40. The summed E-state index contributed by atoms with van der Waals surface area (Å²) in [6, 6.07) is 6.46. The molecule has 0 aliphatic rings. The Morgan fingerprint density at radius 3 is 2.53 bits per heavy atom. The molecule has 0 fully saturated rings. The topological polar surface area (TPSA) is 75.3 Å². The highest BCUT2D eigenvalue weighted by Gasteiger charge is 2.19. The lowest BCUT2D eigenvalue weighted by atomic mass is 10.1. The van der Waals surface area contributed by atoms with E-state index in [0.717, 1.165) is 0 Å². The van der Waals surface area contributed by atoms with Gasteiger partial charge in [-0.3, -0.25) is 4.79 Å². The molecule has 0 spiro atoms. The van der Waals surface area contributed by atoms with Gasteiger partial charge in [0, 0.05) is 12.5 Å². The van der Waals surface area contributed by atoms with Crippen LogP contribution >= 0.6 is 0 Å². The fourth-order valence-electron chi connectivity index (χ4n) is 1.65. The summed E-state index contributed by atoms with van der Waals surface area (Å²) in [4.78, 5) is 12.1. The summed E-state index contributed by atoms with van der Waals surface area (Å²) in [5, 5.41) is 5.59. The van der Waals surface area contributed by atoms with Gasteiger partial charge >= 0.3 is 0 Å². The first-order valence-electron chi connectivity index (χ1n) is 6.19. The number of carbonyl (C=O) groups excluding carboxylic acids is 1. The zero-order valence-corrected chi connectivity index (χ0v) is 12.3. The van der Waals surface area contributed by atoms with E-state index in [9.17, 15) is 13.2 Å². The smallest absolute Gasteiger partial charge is 0.228 e. The number of rotatable bonds is 6. The van der Waals surface area contributed by atoms with Crippen molar-refractivity contribution in [3.8, 4) is 0 Å². The molecular weight excluding hydrogens is 264 g/mol. The van der Waals surface area contributed by atoms with Gasteiger partial charge in [-0.05, 0) is 19.2 Å². The first-order chi connectivity index (χ1) is 8.92. The fourth-order valence-corrected chi connectivity index (χ4v) is 2.70. The maximum Gasteiger partial charge on any atom is 0.228 e. The molecule has 0 bridgehead atoms. The van der Waals surface area contributed by atoms with Gasteiger partial charge in [0.1, 0.15) is 0 Å². The van der Waals surface area contributed by atoms with Gasteiger partial charge in [0.15, 0.2) is 9.84 Å². The largest absolute Gasteiger partial charge is 0.325 e. The number of para-hydroxylation sites is 1. The number of nitrogens with one attached hydrogen (secondary N) is 2. The summed E-state index contributed by atoms with van der Waals surface area (Å²) < 4.78 is 23.9. The summed E-state index contributed by atoms with van der Waals surface area (Å²) in [5.41, 5.74) is 0.345. The number of hydrogen-bond donors (Lipinski definition) is 2. The summed E-state index contributed by atoms with van der Waals surface area (Å²) in [6.07, 6.45) is 0. The van der Waals surface area contributed by atoms with Crippen LogP contribution in [-0.4, -0.2) is 33.7 Å². The zero-order chi connectivity index (χ0) is 14.5. The van der Waals surface area contributed by atoms with Crippen molar-refractivity contribution in [2.24, 2.45) is 5.92 Å². The van der Waals surface area contributed by atoms with Crippen LogP contribution in [0, 0.1) is 5.92 Å². The van der Waals surface area contributed by atoms with Gasteiger partial charge in [-0.15, -0.1) is 0 Å². The van der Waals surface area contributed by atoms with E-state index in [1.165, 1.54) is 6.07 Å². The molecule has 0 radical (unpaired) electrons. The lowest BCUT2D eigenvalue weighted by Gasteiger charge is -2.14. The average Bonchev–Trinajstić information content (AvgIpc) is 2.39. The molecule has 19 heavy (non-hydrogen) atoms. The second-order valence-corrected chi connectivity index (χ2v) is 6.59. The molecule has 5 nitrogen and oxygen atoms in total. The van der Waals surface area contributed by atoms with Gasteiger partial charge in [0.2, 0.25) is 5.91 Å². The van der Waals surface area contributed by atoms with Gasteiger partial charge in [-0.1, -0.05) is 26.0 Å². The van der Waals surface area contributed by atoms with Crippen LogP contribution in [0.3, 0.4) is 0 Å². The van der Waals surface area contributed by atoms with Crippen molar-refractivity contribution in [1.82, 2.24) is 5.32 Å². The number of hydrogen-bond acceptors (Lipinski definition) is 4. The lowest BCUT2D eigenvalue weighted by Crippen LogP contribution is -2.29. The summed E-state index contributed by atoms with van der Waals surface area (Å²) in [7, 11) is -1.58. The van der Waals surface area contributed by atoms with Crippen LogP contribution < -0.4 is 10.6 Å². The van der Waals surface area contributed by atoms with Crippen molar-refractivity contribution in [2.75, 3.05) is 24.7 Å². The summed E-state index contributed by atoms with van der Waals surface area (Å²) in [5.74, 6) is -0.429. The molecule has 1 unspecified atom stereocenters. The Morgan fingerprint density at radius 1 is 1.32 bits per heavy atom. The van der Waals surface area contributed by atoms with E-state index in [2.05, 4.69) is 10.6 Å². The van der Waals surface area contributed by atoms with E-state index in [1.54, 1.807) is 39.1 Å². The van der Waals surface area contributed by atoms with Gasteiger partial charge in [0.05, 0.1) is 16.3 Å². The van der Waals surface area contributed by atoms with Crippen LogP contribution in [0.2, 0.25) is 0 Å². The highest BCUT2D eigenvalue weighted by Crippen LogP contribution is 2.22. The SMILES string of the molecule is CCS(=O)(=O)c1ccccc1NC(=O)C(C)CNC. The molecule has 0 saturated heterocycles. The van der Waals surface area contributed by atoms with Crippen molar-refractivity contribution in [3.63, 3.8) is 0 Å². The molecule has 106 valence electrons. The maximum absolute atomic E-state index is 11.9. The Balaban J connectivity index is 3.00. The van der Waals surface area contributed by atoms with Crippen LogP contribution in [0.1, 0.15) is 13.8 Å². The van der Waals surface area contributed by atoms with Crippen molar-refractivity contribution in [3.05, 3.63) is 24.3 Å². The highest BCUT2D eigenvalue weighted by atomic mass is 32.2. The lowest BCUT2D eigenvalue weighted by molar-refractivity contribution is -0.119. The minimum absolute atomic E-state index is 0.00591. The molecule has 1 rings (SSSR count). The second-order valence-electron chi connectivity index (χ2n) is 4.35. The Bertz CT molecular complexity index is 541. The maximum atomic E-state index is 11.9. The number of sulfone groups is 1. The number of anilines is 1. The van der Waals surface area contributed by atoms with Gasteiger partial charge in [-0.2, -0.15) is 0 Å². The van der Waals surface area contributed by atoms with E-state index < -0.39 is 9.84 Å². The Labute approximate surface area is 114 Å². The molecule has 0 saturated carbocycles. The van der Waals surface area contributed by atoms with Crippen LogP contribution in [0.15, 0.2) is 29.2 Å². The molecule has 0 aliphatic carbocycles. The number of amides is 1.